The first-order valence-electron chi connectivity index (χ1n) is 10.6. The predicted octanol–water partition coefficient (Wildman–Crippen LogP) is 3.58. The molecule has 1 aliphatic heterocycles. The number of carbonyl (C=O) groups excluding carboxylic acids is 1. The maximum atomic E-state index is 12.9. The maximum Gasteiger partial charge on any atom is 0.249 e. The van der Waals surface area contributed by atoms with Crippen molar-refractivity contribution in [2.24, 2.45) is 0 Å². The zero-order chi connectivity index (χ0) is 22.9. The third-order valence-corrected chi connectivity index (χ3v) is 5.86. The van der Waals surface area contributed by atoms with Crippen LogP contribution in [0.4, 0.5) is 5.69 Å². The van der Waals surface area contributed by atoms with E-state index >= 15 is 0 Å². The Labute approximate surface area is 191 Å². The lowest BCUT2D eigenvalue weighted by atomic mass is 10.1. The third kappa shape index (κ3) is 3.93. The number of aromatic nitrogens is 5. The molecular weight excluding hydrogens is 420 g/mol. The molecule has 1 amide bonds. The van der Waals surface area contributed by atoms with Gasteiger partial charge in [0.05, 0.1) is 38.1 Å². The van der Waals surface area contributed by atoms with Gasteiger partial charge in [-0.15, -0.1) is 5.10 Å². The molecule has 1 unspecified atom stereocenters. The highest BCUT2D eigenvalue weighted by molar-refractivity contribution is 5.95. The van der Waals surface area contributed by atoms with Crippen molar-refractivity contribution >= 4 is 11.6 Å². The number of imidazole rings is 1. The van der Waals surface area contributed by atoms with Crippen molar-refractivity contribution in [3.63, 3.8) is 0 Å². The SMILES string of the molecule is COc1ccc2c(c1)CCC(n1cc(-c3ccc(-n4cnc(C)c4)c(OC)c3)nn1)C(=O)N2. The minimum atomic E-state index is -0.459. The van der Waals surface area contributed by atoms with E-state index in [4.69, 9.17) is 9.47 Å². The number of carbonyl (C=O) groups is 1. The smallest absolute Gasteiger partial charge is 0.249 e. The molecule has 1 N–H and O–H groups in total. The van der Waals surface area contributed by atoms with Crippen LogP contribution in [0.1, 0.15) is 23.7 Å². The van der Waals surface area contributed by atoms with Gasteiger partial charge in [0.1, 0.15) is 23.2 Å². The Hall–Kier alpha value is -4.14. The van der Waals surface area contributed by atoms with Crippen LogP contribution >= 0.6 is 0 Å². The number of fused-ring (bicyclic) bond motifs is 1. The number of methoxy groups -OCH3 is 2. The first-order valence-corrected chi connectivity index (χ1v) is 10.6. The van der Waals surface area contributed by atoms with Gasteiger partial charge in [0, 0.05) is 17.4 Å². The molecule has 0 saturated carbocycles. The average molecular weight is 444 g/mol. The molecule has 0 spiro atoms. The van der Waals surface area contributed by atoms with E-state index in [2.05, 4.69) is 20.6 Å². The van der Waals surface area contributed by atoms with Crippen LogP contribution in [-0.4, -0.2) is 44.7 Å². The molecule has 9 nitrogen and oxygen atoms in total. The van der Waals surface area contributed by atoms with Crippen molar-refractivity contribution < 1.29 is 14.3 Å². The van der Waals surface area contributed by atoms with Gasteiger partial charge in [-0.3, -0.25) is 4.79 Å². The van der Waals surface area contributed by atoms with Gasteiger partial charge < -0.3 is 19.4 Å². The number of amides is 1. The molecule has 2 aromatic heterocycles. The molecule has 0 saturated heterocycles. The van der Waals surface area contributed by atoms with Crippen LogP contribution in [0, 0.1) is 6.92 Å². The molecular formula is C24H24N6O3. The van der Waals surface area contributed by atoms with E-state index in [1.165, 1.54) is 0 Å². The molecule has 1 atom stereocenters. The number of rotatable bonds is 5. The van der Waals surface area contributed by atoms with Crippen molar-refractivity contribution in [1.29, 1.82) is 0 Å². The molecule has 1 aliphatic rings. The molecule has 33 heavy (non-hydrogen) atoms. The van der Waals surface area contributed by atoms with E-state index in [1.54, 1.807) is 31.4 Å². The van der Waals surface area contributed by atoms with E-state index in [1.807, 2.05) is 54.1 Å². The lowest BCUT2D eigenvalue weighted by Gasteiger charge is -2.12. The number of hydrogen-bond donors (Lipinski definition) is 1. The topological polar surface area (TPSA) is 96.1 Å². The molecule has 2 aromatic carbocycles. The standard InChI is InChI=1S/C24H24N6O3/c1-15-12-29(14-25-15)21-8-4-17(11-23(21)33-3)20-13-30(28-27-20)22-9-5-16-10-18(32-2)6-7-19(16)26-24(22)31/h4,6-8,10-14,22H,5,9H2,1-3H3,(H,26,31). The molecule has 5 rings (SSSR count). The number of nitrogens with zero attached hydrogens (tertiary/aromatic N) is 5. The summed E-state index contributed by atoms with van der Waals surface area (Å²) < 4.78 is 14.5. The maximum absolute atomic E-state index is 12.9. The molecule has 0 fully saturated rings. The summed E-state index contributed by atoms with van der Waals surface area (Å²) in [5.74, 6) is 1.35. The highest BCUT2D eigenvalue weighted by atomic mass is 16.5. The van der Waals surface area contributed by atoms with Gasteiger partial charge in [0.25, 0.3) is 0 Å². The van der Waals surface area contributed by atoms with Gasteiger partial charge in [-0.2, -0.15) is 0 Å². The Bertz CT molecular complexity index is 1330. The minimum Gasteiger partial charge on any atom is -0.497 e. The fourth-order valence-electron chi connectivity index (χ4n) is 4.08. The monoisotopic (exact) mass is 444 g/mol. The van der Waals surface area contributed by atoms with Gasteiger partial charge in [-0.25, -0.2) is 9.67 Å². The number of benzene rings is 2. The highest BCUT2D eigenvalue weighted by Gasteiger charge is 2.27. The van der Waals surface area contributed by atoms with Gasteiger partial charge in [-0.1, -0.05) is 11.3 Å². The highest BCUT2D eigenvalue weighted by Crippen LogP contribution is 2.32. The summed E-state index contributed by atoms with van der Waals surface area (Å²) in [5.41, 5.74) is 5.16. The van der Waals surface area contributed by atoms with Crippen LogP contribution in [0.25, 0.3) is 16.9 Å². The zero-order valence-electron chi connectivity index (χ0n) is 18.6. The summed E-state index contributed by atoms with van der Waals surface area (Å²) >= 11 is 0. The number of nitrogens with one attached hydrogen (secondary N) is 1. The van der Waals surface area contributed by atoms with Crippen LogP contribution in [0.3, 0.4) is 0 Å². The minimum absolute atomic E-state index is 0.112. The van der Waals surface area contributed by atoms with Crippen molar-refractivity contribution in [3.8, 4) is 28.4 Å². The lowest BCUT2D eigenvalue weighted by molar-refractivity contribution is -0.119. The average Bonchev–Trinajstić information content (AvgIpc) is 3.45. The Kier molecular flexibility index (Phi) is 5.29. The summed E-state index contributed by atoms with van der Waals surface area (Å²) in [5, 5.41) is 11.6. The van der Waals surface area contributed by atoms with Crippen LogP contribution in [0.15, 0.2) is 55.1 Å². The largest absolute Gasteiger partial charge is 0.497 e. The summed E-state index contributed by atoms with van der Waals surface area (Å²) in [4.78, 5) is 17.2. The first-order chi connectivity index (χ1) is 16.1. The van der Waals surface area contributed by atoms with E-state index in [0.717, 1.165) is 40.4 Å². The van der Waals surface area contributed by atoms with Crippen LogP contribution in [0.2, 0.25) is 0 Å². The second-order valence-electron chi connectivity index (χ2n) is 7.96. The second kappa shape index (κ2) is 8.42. The summed E-state index contributed by atoms with van der Waals surface area (Å²) in [6, 6.07) is 11.0. The number of ether oxygens (including phenoxy) is 2. The summed E-state index contributed by atoms with van der Waals surface area (Å²) in [6.07, 6.45) is 6.82. The molecule has 3 heterocycles. The van der Waals surface area contributed by atoms with Crippen molar-refractivity contribution in [1.82, 2.24) is 24.5 Å². The molecule has 0 radical (unpaired) electrons. The van der Waals surface area contributed by atoms with Gasteiger partial charge in [0.2, 0.25) is 5.91 Å². The van der Waals surface area contributed by atoms with E-state index < -0.39 is 6.04 Å². The molecule has 168 valence electrons. The summed E-state index contributed by atoms with van der Waals surface area (Å²) in [6.45, 7) is 1.94. The van der Waals surface area contributed by atoms with Crippen molar-refractivity contribution in [3.05, 3.63) is 66.4 Å². The van der Waals surface area contributed by atoms with Crippen LogP contribution in [0.5, 0.6) is 11.5 Å². The third-order valence-electron chi connectivity index (χ3n) is 5.86. The van der Waals surface area contributed by atoms with Crippen molar-refractivity contribution in [2.75, 3.05) is 19.5 Å². The Balaban J connectivity index is 1.40. The Morgan fingerprint density at radius 1 is 1.09 bits per heavy atom. The van der Waals surface area contributed by atoms with Gasteiger partial charge >= 0.3 is 0 Å². The number of hydrogen-bond acceptors (Lipinski definition) is 6. The Morgan fingerprint density at radius 2 is 1.97 bits per heavy atom. The molecule has 0 aliphatic carbocycles. The van der Waals surface area contributed by atoms with Gasteiger partial charge in [-0.05, 0) is 55.7 Å². The van der Waals surface area contributed by atoms with Crippen LogP contribution < -0.4 is 14.8 Å². The number of anilines is 1. The van der Waals surface area contributed by atoms with Gasteiger partial charge in [0.15, 0.2) is 0 Å². The molecule has 4 aromatic rings. The fraction of sp³-hybridized carbons (Fsp3) is 0.250. The molecule has 0 bridgehead atoms. The summed E-state index contributed by atoms with van der Waals surface area (Å²) in [7, 11) is 3.26. The van der Waals surface area contributed by atoms with Crippen molar-refractivity contribution in [2.45, 2.75) is 25.8 Å². The second-order valence-corrected chi connectivity index (χ2v) is 7.96. The number of aryl methyl sites for hydroxylation is 2. The predicted molar refractivity (Wildman–Crippen MR) is 123 cm³/mol. The normalized spacial score (nSPS) is 15.5. The zero-order valence-corrected chi connectivity index (χ0v) is 18.6. The quantitative estimate of drug-likeness (QED) is 0.505. The Morgan fingerprint density at radius 3 is 2.73 bits per heavy atom. The van der Waals surface area contributed by atoms with E-state index in [-0.39, 0.29) is 5.91 Å². The first kappa shape index (κ1) is 20.7. The lowest BCUT2D eigenvalue weighted by Crippen LogP contribution is -2.25. The van der Waals surface area contributed by atoms with E-state index in [0.29, 0.717) is 17.9 Å². The molecule has 9 heteroatoms. The van der Waals surface area contributed by atoms with Crippen LogP contribution in [-0.2, 0) is 11.2 Å². The van der Waals surface area contributed by atoms with E-state index in [9.17, 15) is 4.79 Å². The fourth-order valence-corrected chi connectivity index (χ4v) is 4.08.